The van der Waals surface area contributed by atoms with Crippen LogP contribution in [0.4, 0.5) is 0 Å². The van der Waals surface area contributed by atoms with E-state index in [0.717, 1.165) is 21.1 Å². The van der Waals surface area contributed by atoms with E-state index in [1.54, 1.807) is 0 Å². The molecule has 0 spiro atoms. The molecule has 0 aliphatic carbocycles. The van der Waals surface area contributed by atoms with Crippen molar-refractivity contribution in [1.82, 2.24) is 4.57 Å². The first-order valence-electron chi connectivity index (χ1n) is 4.70. The Balaban J connectivity index is 2.71. The molecule has 2 aromatic rings. The molecule has 0 aliphatic heterocycles. The molecular weight excluding hydrogens is 252 g/mol. The Labute approximate surface area is 97.3 Å². The van der Waals surface area contributed by atoms with Crippen molar-refractivity contribution >= 4 is 26.8 Å². The van der Waals surface area contributed by atoms with Crippen molar-refractivity contribution in [2.75, 3.05) is 0 Å². The second kappa shape index (κ2) is 4.08. The molecule has 75 valence electrons. The van der Waals surface area contributed by atoms with Crippen LogP contribution in [0.25, 0.3) is 10.9 Å². The van der Waals surface area contributed by atoms with Gasteiger partial charge in [-0.15, -0.1) is 0 Å². The van der Waals surface area contributed by atoms with Gasteiger partial charge in [0.15, 0.2) is 0 Å². The van der Waals surface area contributed by atoms with E-state index < -0.39 is 0 Å². The highest BCUT2D eigenvalue weighted by atomic mass is 79.9. The van der Waals surface area contributed by atoms with E-state index in [9.17, 15) is 0 Å². The summed E-state index contributed by atoms with van der Waals surface area (Å²) in [6.07, 6.45) is 0.702. The van der Waals surface area contributed by atoms with Crippen molar-refractivity contribution in [3.05, 3.63) is 41.4 Å². The minimum absolute atomic E-state index is 0.380. The number of nitrogens with zero attached hydrogens (tertiary/aromatic N) is 2. The highest BCUT2D eigenvalue weighted by molar-refractivity contribution is 9.10. The van der Waals surface area contributed by atoms with Gasteiger partial charge >= 0.3 is 0 Å². The van der Waals surface area contributed by atoms with E-state index in [0.29, 0.717) is 13.0 Å². The number of hydrogen-bond acceptors (Lipinski definition) is 1. The van der Waals surface area contributed by atoms with Gasteiger partial charge < -0.3 is 4.57 Å². The highest BCUT2D eigenvalue weighted by Crippen LogP contribution is 2.23. The lowest BCUT2D eigenvalue weighted by Crippen LogP contribution is -1.99. The smallest absolute Gasteiger partial charge is 0.110 e. The summed E-state index contributed by atoms with van der Waals surface area (Å²) in [5, 5.41) is 9.94. The van der Waals surface area contributed by atoms with E-state index in [1.165, 1.54) is 0 Å². The zero-order chi connectivity index (χ0) is 10.8. The van der Waals surface area contributed by atoms with Gasteiger partial charge in [-0.3, -0.25) is 0 Å². The topological polar surface area (TPSA) is 28.7 Å². The van der Waals surface area contributed by atoms with Crippen LogP contribution in [0.15, 0.2) is 28.7 Å². The van der Waals surface area contributed by atoms with Crippen molar-refractivity contribution in [2.45, 2.75) is 13.0 Å². The van der Waals surface area contributed by atoms with Crippen LogP contribution >= 0.6 is 15.9 Å². The van der Waals surface area contributed by atoms with Crippen molar-refractivity contribution in [3.63, 3.8) is 0 Å². The second-order valence-corrected chi connectivity index (χ2v) is 4.25. The van der Waals surface area contributed by atoms with Crippen molar-refractivity contribution in [2.24, 2.45) is 0 Å². The average Bonchev–Trinajstić information content (AvgIpc) is 2.57. The monoisotopic (exact) mass is 261 g/mol. The fourth-order valence-electron chi connectivity index (χ4n) is 1.75. The van der Waals surface area contributed by atoms with Crippen LogP contribution in [0, 0.1) is 18.3 Å². The molecule has 0 N–H and O–H groups in total. The Kier molecular flexibility index (Phi) is 2.79. The first-order valence-corrected chi connectivity index (χ1v) is 5.49. The number of aromatic nitrogens is 1. The standard InChI is InChI=1S/C12H10BrN2/c1-2-11-7-9-3-4-10(13)8-12(9)15(11)6-5-14/h3-4,7-8H,1-2,6H2. The molecule has 15 heavy (non-hydrogen) atoms. The number of hydrogen-bond donors (Lipinski definition) is 0. The number of benzene rings is 1. The molecule has 0 unspecified atom stereocenters. The normalized spacial score (nSPS) is 10.5. The largest absolute Gasteiger partial charge is 0.331 e. The van der Waals surface area contributed by atoms with Gasteiger partial charge in [-0.25, -0.2) is 0 Å². The van der Waals surface area contributed by atoms with Crippen LogP contribution in [-0.4, -0.2) is 4.57 Å². The summed E-state index contributed by atoms with van der Waals surface area (Å²) in [5.41, 5.74) is 2.19. The van der Waals surface area contributed by atoms with Gasteiger partial charge in [0.25, 0.3) is 0 Å². The van der Waals surface area contributed by atoms with E-state index in [1.807, 2.05) is 22.8 Å². The number of rotatable bonds is 2. The van der Waals surface area contributed by atoms with Gasteiger partial charge in [-0.2, -0.15) is 5.26 Å². The molecule has 1 heterocycles. The van der Waals surface area contributed by atoms with Crippen LogP contribution in [0.5, 0.6) is 0 Å². The van der Waals surface area contributed by atoms with Gasteiger partial charge in [-0.05, 0) is 36.9 Å². The van der Waals surface area contributed by atoms with Crippen LogP contribution in [0.3, 0.4) is 0 Å². The minimum atomic E-state index is 0.380. The van der Waals surface area contributed by atoms with Crippen LogP contribution in [0.1, 0.15) is 5.69 Å². The second-order valence-electron chi connectivity index (χ2n) is 3.33. The third-order valence-corrected chi connectivity index (χ3v) is 2.93. The summed E-state index contributed by atoms with van der Waals surface area (Å²) in [6, 6.07) is 10.4. The van der Waals surface area contributed by atoms with Gasteiger partial charge in [0.1, 0.15) is 6.54 Å². The molecule has 1 aromatic carbocycles. The Morgan fingerprint density at radius 3 is 2.87 bits per heavy atom. The predicted molar refractivity (Wildman–Crippen MR) is 64.3 cm³/mol. The van der Waals surface area contributed by atoms with E-state index >= 15 is 0 Å². The van der Waals surface area contributed by atoms with Crippen LogP contribution in [0.2, 0.25) is 0 Å². The molecule has 0 bridgehead atoms. The quantitative estimate of drug-likeness (QED) is 0.816. The molecule has 1 radical (unpaired) electrons. The fraction of sp³-hybridized carbons (Fsp3) is 0.167. The number of halogens is 1. The molecule has 3 heteroatoms. The molecule has 0 saturated heterocycles. The van der Waals surface area contributed by atoms with E-state index in [4.69, 9.17) is 5.26 Å². The SMILES string of the molecule is [CH2]Cc1cc2ccc(Br)cc2n1CC#N. The maximum atomic E-state index is 8.78. The average molecular weight is 262 g/mol. The third kappa shape index (κ3) is 1.78. The Morgan fingerprint density at radius 1 is 1.40 bits per heavy atom. The highest BCUT2D eigenvalue weighted by Gasteiger charge is 2.06. The molecular formula is C12H10BrN2. The zero-order valence-electron chi connectivity index (χ0n) is 8.20. The molecule has 0 fully saturated rings. The number of nitriles is 1. The molecule has 0 amide bonds. The van der Waals surface area contributed by atoms with Crippen molar-refractivity contribution in [3.8, 4) is 6.07 Å². The van der Waals surface area contributed by atoms with Crippen molar-refractivity contribution in [1.29, 1.82) is 5.26 Å². The first-order chi connectivity index (χ1) is 7.26. The Morgan fingerprint density at radius 2 is 2.20 bits per heavy atom. The molecule has 0 saturated carbocycles. The molecule has 1 aromatic heterocycles. The summed E-state index contributed by atoms with van der Waals surface area (Å²) in [5.74, 6) is 0. The van der Waals surface area contributed by atoms with Crippen molar-refractivity contribution < 1.29 is 0 Å². The Bertz CT molecular complexity index is 534. The third-order valence-electron chi connectivity index (χ3n) is 2.44. The lowest BCUT2D eigenvalue weighted by Gasteiger charge is -2.03. The lowest BCUT2D eigenvalue weighted by molar-refractivity contribution is 0.818. The summed E-state index contributed by atoms with van der Waals surface area (Å²) in [7, 11) is 0. The molecule has 2 rings (SSSR count). The summed E-state index contributed by atoms with van der Waals surface area (Å²) >= 11 is 3.44. The summed E-state index contributed by atoms with van der Waals surface area (Å²) < 4.78 is 3.04. The fourth-order valence-corrected chi connectivity index (χ4v) is 2.10. The van der Waals surface area contributed by atoms with Crippen LogP contribution in [-0.2, 0) is 13.0 Å². The van der Waals surface area contributed by atoms with Gasteiger partial charge in [-0.1, -0.05) is 22.0 Å². The van der Waals surface area contributed by atoms with Gasteiger partial charge in [0, 0.05) is 10.2 Å². The summed E-state index contributed by atoms with van der Waals surface area (Å²) in [6.45, 7) is 4.25. The maximum Gasteiger partial charge on any atom is 0.110 e. The van der Waals surface area contributed by atoms with E-state index in [2.05, 4.69) is 35.0 Å². The molecule has 0 atom stereocenters. The van der Waals surface area contributed by atoms with Gasteiger partial charge in [0.2, 0.25) is 0 Å². The molecule has 0 aliphatic rings. The minimum Gasteiger partial charge on any atom is -0.331 e. The number of fused-ring (bicyclic) bond motifs is 1. The van der Waals surface area contributed by atoms with E-state index in [-0.39, 0.29) is 0 Å². The summed E-state index contributed by atoms with van der Waals surface area (Å²) in [4.78, 5) is 0. The molecule has 2 nitrogen and oxygen atoms in total. The zero-order valence-corrected chi connectivity index (χ0v) is 9.79. The first kappa shape index (κ1) is 10.3. The Hall–Kier alpha value is -1.27. The van der Waals surface area contributed by atoms with Gasteiger partial charge in [0.05, 0.1) is 11.6 Å². The lowest BCUT2D eigenvalue weighted by atomic mass is 10.2. The predicted octanol–water partition coefficient (Wildman–Crippen LogP) is 3.30. The van der Waals surface area contributed by atoms with Crippen LogP contribution < -0.4 is 0 Å². The maximum absolute atomic E-state index is 8.78.